The summed E-state index contributed by atoms with van der Waals surface area (Å²) in [6.45, 7) is 3.92. The van der Waals surface area contributed by atoms with Crippen molar-refractivity contribution in [1.29, 1.82) is 0 Å². The van der Waals surface area contributed by atoms with Gasteiger partial charge in [-0.15, -0.1) is 0 Å². The van der Waals surface area contributed by atoms with Gasteiger partial charge in [-0.05, 0) is 26.0 Å². The van der Waals surface area contributed by atoms with Crippen LogP contribution in [0.3, 0.4) is 0 Å². The smallest absolute Gasteiger partial charge is 0.378 e. The van der Waals surface area contributed by atoms with Gasteiger partial charge < -0.3 is 10.6 Å². The molecule has 28 heavy (non-hydrogen) atoms. The first kappa shape index (κ1) is 21.2. The molecule has 1 aromatic heterocycles. The van der Waals surface area contributed by atoms with Gasteiger partial charge in [-0.25, -0.2) is 0 Å². The Morgan fingerprint density at radius 1 is 1.29 bits per heavy atom. The molecule has 0 unspecified atom stereocenters. The molecule has 11 heteroatoms. The van der Waals surface area contributed by atoms with E-state index < -0.39 is 22.4 Å². The number of nitro benzene ring substituents is 1. The van der Waals surface area contributed by atoms with Crippen LogP contribution in [-0.2, 0) is 24.4 Å². The summed E-state index contributed by atoms with van der Waals surface area (Å²) >= 11 is 0. The average molecular weight is 399 g/mol. The van der Waals surface area contributed by atoms with Gasteiger partial charge in [-0.1, -0.05) is 0 Å². The van der Waals surface area contributed by atoms with Gasteiger partial charge in [0, 0.05) is 37.5 Å². The number of rotatable bonds is 7. The monoisotopic (exact) mass is 399 g/mol. The molecule has 0 atom stereocenters. The number of hydrogen-bond acceptors (Lipinski definition) is 5. The number of aryl methyl sites for hydroxylation is 2. The summed E-state index contributed by atoms with van der Waals surface area (Å²) in [5.74, 6) is -0.247. The minimum Gasteiger partial charge on any atom is -0.378 e. The fourth-order valence-electron chi connectivity index (χ4n) is 2.70. The van der Waals surface area contributed by atoms with Crippen molar-refractivity contribution in [2.24, 2.45) is 7.05 Å². The topological polar surface area (TPSA) is 102 Å². The van der Waals surface area contributed by atoms with Gasteiger partial charge in [0.25, 0.3) is 5.69 Å². The van der Waals surface area contributed by atoms with Crippen LogP contribution >= 0.6 is 0 Å². The lowest BCUT2D eigenvalue weighted by Gasteiger charge is -2.11. The molecule has 1 heterocycles. The first-order valence-electron chi connectivity index (χ1n) is 8.36. The van der Waals surface area contributed by atoms with Crippen molar-refractivity contribution < 1.29 is 22.9 Å². The zero-order valence-corrected chi connectivity index (χ0v) is 15.6. The van der Waals surface area contributed by atoms with Gasteiger partial charge in [0.15, 0.2) is 0 Å². The molecule has 0 spiro atoms. The fourth-order valence-corrected chi connectivity index (χ4v) is 2.70. The molecule has 8 nitrogen and oxygen atoms in total. The third-order valence-corrected chi connectivity index (χ3v) is 4.28. The Kier molecular flexibility index (Phi) is 6.26. The van der Waals surface area contributed by atoms with E-state index >= 15 is 0 Å². The van der Waals surface area contributed by atoms with Crippen molar-refractivity contribution in [3.8, 4) is 0 Å². The van der Waals surface area contributed by atoms with Crippen LogP contribution in [0.4, 0.5) is 24.5 Å². The largest absolute Gasteiger partial charge is 0.416 e. The number of nitrogens with one attached hydrogen (secondary N) is 2. The van der Waals surface area contributed by atoms with Gasteiger partial charge in [-0.3, -0.25) is 19.6 Å². The van der Waals surface area contributed by atoms with Crippen molar-refractivity contribution >= 4 is 17.3 Å². The average Bonchev–Trinajstić information content (AvgIpc) is 2.84. The predicted molar refractivity (Wildman–Crippen MR) is 96.0 cm³/mol. The number of hydrogen-bond donors (Lipinski definition) is 2. The highest BCUT2D eigenvalue weighted by Gasteiger charge is 2.33. The van der Waals surface area contributed by atoms with Crippen LogP contribution in [-0.4, -0.2) is 33.7 Å². The Morgan fingerprint density at radius 2 is 1.96 bits per heavy atom. The number of anilines is 1. The molecule has 1 aromatic carbocycles. The second-order valence-electron chi connectivity index (χ2n) is 6.21. The summed E-state index contributed by atoms with van der Waals surface area (Å²) in [7, 11) is 1.78. The molecule has 2 aromatic rings. The molecule has 152 valence electrons. The van der Waals surface area contributed by atoms with Crippen molar-refractivity contribution in [2.75, 3.05) is 18.4 Å². The number of halogens is 3. The van der Waals surface area contributed by atoms with E-state index in [-0.39, 0.29) is 31.1 Å². The zero-order chi connectivity index (χ0) is 21.1. The van der Waals surface area contributed by atoms with Crippen LogP contribution < -0.4 is 10.6 Å². The van der Waals surface area contributed by atoms with E-state index in [0.29, 0.717) is 6.07 Å². The summed E-state index contributed by atoms with van der Waals surface area (Å²) in [5, 5.41) is 20.6. The normalized spacial score (nSPS) is 11.4. The number of nitrogens with zero attached hydrogens (tertiary/aromatic N) is 3. The predicted octanol–water partition coefficient (Wildman–Crippen LogP) is 2.73. The number of alkyl halides is 3. The minimum absolute atomic E-state index is 0.0498. The highest BCUT2D eigenvalue weighted by molar-refractivity contribution is 5.79. The molecule has 2 rings (SSSR count). The molecular weight excluding hydrogens is 379 g/mol. The zero-order valence-electron chi connectivity index (χ0n) is 15.6. The maximum absolute atomic E-state index is 12.7. The Morgan fingerprint density at radius 3 is 2.50 bits per heavy atom. The lowest BCUT2D eigenvalue weighted by molar-refractivity contribution is -0.384. The number of aromatic nitrogens is 2. The molecule has 0 fully saturated rings. The maximum atomic E-state index is 12.7. The van der Waals surface area contributed by atoms with Gasteiger partial charge in [-0.2, -0.15) is 18.3 Å². The number of benzene rings is 1. The van der Waals surface area contributed by atoms with Crippen molar-refractivity contribution in [3.05, 3.63) is 50.8 Å². The first-order valence-corrected chi connectivity index (χ1v) is 8.36. The summed E-state index contributed by atoms with van der Waals surface area (Å²) in [5.41, 5.74) is 0.639. The second-order valence-corrected chi connectivity index (χ2v) is 6.21. The van der Waals surface area contributed by atoms with Gasteiger partial charge in [0.05, 0.1) is 22.6 Å². The van der Waals surface area contributed by atoms with E-state index in [9.17, 15) is 28.1 Å². The highest BCUT2D eigenvalue weighted by atomic mass is 19.4. The third-order valence-electron chi connectivity index (χ3n) is 4.28. The summed E-state index contributed by atoms with van der Waals surface area (Å²) in [4.78, 5) is 22.2. The molecule has 0 saturated heterocycles. The standard InChI is InChI=1S/C17H20F3N5O3/c1-10-13(11(2)24(3)23-10)9-16(26)22-7-6-21-14-5-4-12(17(18,19)20)8-15(14)25(27)28/h4-5,8,21H,6-7,9H2,1-3H3,(H,22,26). The van der Waals surface area contributed by atoms with Crippen LogP contribution in [0.15, 0.2) is 18.2 Å². The van der Waals surface area contributed by atoms with Crippen molar-refractivity contribution in [1.82, 2.24) is 15.1 Å². The Labute approximate surface area is 158 Å². The van der Waals surface area contributed by atoms with Crippen LogP contribution in [0.5, 0.6) is 0 Å². The second kappa shape index (κ2) is 8.28. The van der Waals surface area contributed by atoms with Crippen LogP contribution in [0.25, 0.3) is 0 Å². The van der Waals surface area contributed by atoms with E-state index in [1.54, 1.807) is 18.7 Å². The minimum atomic E-state index is -4.67. The molecule has 0 bridgehead atoms. The summed E-state index contributed by atoms with van der Waals surface area (Å²) in [6, 6.07) is 2.25. The quantitative estimate of drug-likeness (QED) is 0.423. The van der Waals surface area contributed by atoms with Gasteiger partial charge >= 0.3 is 6.18 Å². The van der Waals surface area contributed by atoms with E-state index in [2.05, 4.69) is 15.7 Å². The highest BCUT2D eigenvalue weighted by Crippen LogP contribution is 2.34. The lowest BCUT2D eigenvalue weighted by atomic mass is 10.1. The number of carbonyl (C=O) groups excluding carboxylic acids is 1. The van der Waals surface area contributed by atoms with E-state index in [1.807, 2.05) is 6.92 Å². The molecule has 1 amide bonds. The molecule has 0 aliphatic rings. The number of nitro groups is 1. The van der Waals surface area contributed by atoms with Crippen LogP contribution in [0.1, 0.15) is 22.5 Å². The first-order chi connectivity index (χ1) is 13.0. The Balaban J connectivity index is 1.92. The molecule has 2 N–H and O–H groups in total. The fraction of sp³-hybridized carbons (Fsp3) is 0.412. The molecule has 0 saturated carbocycles. The van der Waals surface area contributed by atoms with Crippen LogP contribution in [0.2, 0.25) is 0 Å². The van der Waals surface area contributed by atoms with Gasteiger partial charge in [0.1, 0.15) is 5.69 Å². The Bertz CT molecular complexity index is 893. The van der Waals surface area contributed by atoms with E-state index in [4.69, 9.17) is 0 Å². The number of carbonyl (C=O) groups is 1. The third kappa shape index (κ3) is 4.99. The van der Waals surface area contributed by atoms with Crippen molar-refractivity contribution in [2.45, 2.75) is 26.4 Å². The Hall–Kier alpha value is -3.11. The molecule has 0 aliphatic heterocycles. The lowest BCUT2D eigenvalue weighted by Crippen LogP contribution is -2.30. The van der Waals surface area contributed by atoms with Crippen LogP contribution in [0, 0.1) is 24.0 Å². The SMILES string of the molecule is Cc1nn(C)c(C)c1CC(=O)NCCNc1ccc(C(F)(F)F)cc1[N+](=O)[O-]. The molecular formula is C17H20F3N5O3. The summed E-state index contributed by atoms with van der Waals surface area (Å²) < 4.78 is 39.8. The maximum Gasteiger partial charge on any atom is 0.416 e. The number of amides is 1. The van der Waals surface area contributed by atoms with Gasteiger partial charge in [0.2, 0.25) is 5.91 Å². The molecule has 0 aliphatic carbocycles. The van der Waals surface area contributed by atoms with Crippen molar-refractivity contribution in [3.63, 3.8) is 0 Å². The molecule has 0 radical (unpaired) electrons. The summed E-state index contributed by atoms with van der Waals surface area (Å²) in [6.07, 6.45) is -4.52. The van der Waals surface area contributed by atoms with E-state index in [0.717, 1.165) is 29.1 Å². The van der Waals surface area contributed by atoms with E-state index in [1.165, 1.54) is 0 Å².